The molecule has 5 nitrogen and oxygen atoms in total. The Bertz CT molecular complexity index is 644. The number of ether oxygens (including phenoxy) is 1. The quantitative estimate of drug-likeness (QED) is 0.346. The predicted octanol–water partition coefficient (Wildman–Crippen LogP) is 2.20. The first kappa shape index (κ1) is 13.8. The van der Waals surface area contributed by atoms with Gasteiger partial charge in [0, 0.05) is 5.56 Å². The summed E-state index contributed by atoms with van der Waals surface area (Å²) >= 11 is 0. The highest BCUT2D eigenvalue weighted by molar-refractivity contribution is 5.99. The van der Waals surface area contributed by atoms with Crippen LogP contribution in [0.3, 0.4) is 0 Å². The number of hydrogen-bond acceptors (Lipinski definition) is 4. The summed E-state index contributed by atoms with van der Waals surface area (Å²) in [6.07, 6.45) is 0. The van der Waals surface area contributed by atoms with Gasteiger partial charge in [-0.05, 0) is 24.3 Å². The number of nitrogens with two attached hydrogens (primary N) is 1. The van der Waals surface area contributed by atoms with Crippen molar-refractivity contribution in [1.82, 2.24) is 0 Å². The summed E-state index contributed by atoms with van der Waals surface area (Å²) in [5.41, 5.74) is 6.19. The zero-order chi connectivity index (χ0) is 14.5. The van der Waals surface area contributed by atoms with Gasteiger partial charge in [-0.1, -0.05) is 23.4 Å². The molecule has 2 aromatic carbocycles. The Morgan fingerprint density at radius 2 is 1.95 bits per heavy atom. The molecule has 2 aromatic rings. The van der Waals surface area contributed by atoms with Crippen LogP contribution in [0.15, 0.2) is 47.6 Å². The van der Waals surface area contributed by atoms with Crippen LogP contribution < -0.4 is 10.5 Å². The van der Waals surface area contributed by atoms with E-state index in [-0.39, 0.29) is 23.8 Å². The van der Waals surface area contributed by atoms with Crippen LogP contribution in [0.2, 0.25) is 0 Å². The molecule has 0 atom stereocenters. The lowest BCUT2D eigenvalue weighted by Crippen LogP contribution is -2.14. The third-order valence-electron chi connectivity index (χ3n) is 2.69. The number of hydrogen-bond donors (Lipinski definition) is 3. The highest BCUT2D eigenvalue weighted by Crippen LogP contribution is 2.28. The number of aliphatic hydroxyl groups is 1. The SMILES string of the molecule is NC(=NO)c1cc(F)ccc1Oc1ccccc1CO. The molecule has 0 unspecified atom stereocenters. The van der Waals surface area contributed by atoms with Crippen molar-refractivity contribution in [2.45, 2.75) is 6.61 Å². The first-order valence-corrected chi connectivity index (χ1v) is 5.79. The van der Waals surface area contributed by atoms with Crippen molar-refractivity contribution >= 4 is 5.84 Å². The molecule has 0 saturated carbocycles. The number of benzene rings is 2. The van der Waals surface area contributed by atoms with Gasteiger partial charge in [0.2, 0.25) is 0 Å². The topological polar surface area (TPSA) is 88.1 Å². The molecule has 0 bridgehead atoms. The Hall–Kier alpha value is -2.60. The molecule has 4 N–H and O–H groups in total. The van der Waals surface area contributed by atoms with E-state index in [1.807, 2.05) is 0 Å². The molecule has 0 saturated heterocycles. The number of rotatable bonds is 4. The molecule has 0 aliphatic heterocycles. The van der Waals surface area contributed by atoms with Crippen molar-refractivity contribution in [3.63, 3.8) is 0 Å². The summed E-state index contributed by atoms with van der Waals surface area (Å²) in [6, 6.07) is 10.5. The van der Waals surface area contributed by atoms with E-state index < -0.39 is 5.82 Å². The predicted molar refractivity (Wildman–Crippen MR) is 71.3 cm³/mol. The Morgan fingerprint density at radius 1 is 1.20 bits per heavy atom. The van der Waals surface area contributed by atoms with Crippen molar-refractivity contribution in [3.05, 3.63) is 59.4 Å². The van der Waals surface area contributed by atoms with Crippen LogP contribution >= 0.6 is 0 Å². The van der Waals surface area contributed by atoms with Crippen molar-refractivity contribution in [3.8, 4) is 11.5 Å². The Balaban J connectivity index is 2.43. The summed E-state index contributed by atoms with van der Waals surface area (Å²) < 4.78 is 18.9. The van der Waals surface area contributed by atoms with Crippen LogP contribution in [0.4, 0.5) is 4.39 Å². The third kappa shape index (κ3) is 2.86. The highest BCUT2D eigenvalue weighted by Gasteiger charge is 2.12. The monoisotopic (exact) mass is 276 g/mol. The minimum Gasteiger partial charge on any atom is -0.456 e. The maximum Gasteiger partial charge on any atom is 0.173 e. The molecule has 0 aliphatic carbocycles. The van der Waals surface area contributed by atoms with Crippen molar-refractivity contribution in [1.29, 1.82) is 0 Å². The molecule has 20 heavy (non-hydrogen) atoms. The smallest absolute Gasteiger partial charge is 0.173 e. The van der Waals surface area contributed by atoms with Crippen molar-refractivity contribution in [2.75, 3.05) is 0 Å². The fraction of sp³-hybridized carbons (Fsp3) is 0.0714. The van der Waals surface area contributed by atoms with Gasteiger partial charge in [-0.15, -0.1) is 0 Å². The Labute approximate surface area is 114 Å². The molecule has 0 aromatic heterocycles. The van der Waals surface area contributed by atoms with Gasteiger partial charge in [0.1, 0.15) is 17.3 Å². The maximum atomic E-state index is 13.2. The zero-order valence-corrected chi connectivity index (χ0v) is 10.5. The molecular weight excluding hydrogens is 263 g/mol. The second kappa shape index (κ2) is 6.03. The van der Waals surface area contributed by atoms with Crippen LogP contribution in [0.25, 0.3) is 0 Å². The van der Waals surface area contributed by atoms with Gasteiger partial charge in [-0.3, -0.25) is 0 Å². The molecule has 0 fully saturated rings. The summed E-state index contributed by atoms with van der Waals surface area (Å²) in [4.78, 5) is 0. The fourth-order valence-electron chi connectivity index (χ4n) is 1.70. The summed E-state index contributed by atoms with van der Waals surface area (Å²) in [6.45, 7) is -0.198. The number of nitrogens with zero attached hydrogens (tertiary/aromatic N) is 1. The Morgan fingerprint density at radius 3 is 2.65 bits per heavy atom. The van der Waals surface area contributed by atoms with E-state index in [9.17, 15) is 9.50 Å². The van der Waals surface area contributed by atoms with Gasteiger partial charge in [-0.25, -0.2) is 4.39 Å². The molecule has 6 heteroatoms. The minimum atomic E-state index is -0.533. The molecule has 0 radical (unpaired) electrons. The lowest BCUT2D eigenvalue weighted by molar-refractivity contribution is 0.276. The van der Waals surface area contributed by atoms with Gasteiger partial charge >= 0.3 is 0 Å². The Kier molecular flexibility index (Phi) is 4.17. The van der Waals surface area contributed by atoms with Gasteiger partial charge in [0.15, 0.2) is 5.84 Å². The second-order valence-corrected chi connectivity index (χ2v) is 3.99. The van der Waals surface area contributed by atoms with Crippen LogP contribution in [-0.2, 0) is 6.61 Å². The molecule has 2 rings (SSSR count). The number of para-hydroxylation sites is 1. The van der Waals surface area contributed by atoms with E-state index in [4.69, 9.17) is 15.7 Å². The third-order valence-corrected chi connectivity index (χ3v) is 2.69. The van der Waals surface area contributed by atoms with E-state index in [1.165, 1.54) is 12.1 Å². The van der Waals surface area contributed by atoms with Crippen LogP contribution in [0, 0.1) is 5.82 Å². The van der Waals surface area contributed by atoms with Gasteiger partial charge in [0.25, 0.3) is 0 Å². The number of amidine groups is 1. The second-order valence-electron chi connectivity index (χ2n) is 3.99. The molecule has 0 aliphatic rings. The largest absolute Gasteiger partial charge is 0.456 e. The average Bonchev–Trinajstić information content (AvgIpc) is 2.48. The summed E-state index contributed by atoms with van der Waals surface area (Å²) in [5, 5.41) is 20.8. The molecule has 0 amide bonds. The van der Waals surface area contributed by atoms with E-state index in [1.54, 1.807) is 24.3 Å². The van der Waals surface area contributed by atoms with E-state index >= 15 is 0 Å². The lowest BCUT2D eigenvalue weighted by atomic mass is 10.1. The van der Waals surface area contributed by atoms with E-state index in [0.717, 1.165) is 6.07 Å². The average molecular weight is 276 g/mol. The van der Waals surface area contributed by atoms with Crippen molar-refractivity contribution in [2.24, 2.45) is 10.9 Å². The van der Waals surface area contributed by atoms with Crippen LogP contribution in [-0.4, -0.2) is 16.1 Å². The molecule has 0 spiro atoms. The van der Waals surface area contributed by atoms with Gasteiger partial charge in [-0.2, -0.15) is 0 Å². The van der Waals surface area contributed by atoms with Gasteiger partial charge < -0.3 is 20.8 Å². The number of oxime groups is 1. The van der Waals surface area contributed by atoms with Crippen molar-refractivity contribution < 1.29 is 19.4 Å². The standard InChI is InChI=1S/C14H13FN2O3/c15-10-5-6-13(11(7-10)14(16)17-19)20-12-4-2-1-3-9(12)8-18/h1-7,18-19H,8H2,(H2,16,17). The summed E-state index contributed by atoms with van der Waals surface area (Å²) in [7, 11) is 0. The summed E-state index contributed by atoms with van der Waals surface area (Å²) in [5.74, 6) is -0.161. The number of halogens is 1. The normalized spacial score (nSPS) is 11.4. The molecule has 104 valence electrons. The first-order valence-electron chi connectivity index (χ1n) is 5.79. The maximum absolute atomic E-state index is 13.2. The fourth-order valence-corrected chi connectivity index (χ4v) is 1.70. The first-order chi connectivity index (χ1) is 9.65. The van der Waals surface area contributed by atoms with E-state index in [0.29, 0.717) is 11.3 Å². The molecular formula is C14H13FN2O3. The van der Waals surface area contributed by atoms with E-state index in [2.05, 4.69) is 5.16 Å². The van der Waals surface area contributed by atoms with Gasteiger partial charge in [0.05, 0.1) is 12.2 Å². The minimum absolute atomic E-state index is 0.125. The lowest BCUT2D eigenvalue weighted by Gasteiger charge is -2.12. The van der Waals surface area contributed by atoms with Crippen LogP contribution in [0.1, 0.15) is 11.1 Å². The van der Waals surface area contributed by atoms with Crippen LogP contribution in [0.5, 0.6) is 11.5 Å². The molecule has 0 heterocycles. The zero-order valence-electron chi connectivity index (χ0n) is 10.5. The number of aliphatic hydroxyl groups excluding tert-OH is 1. The highest BCUT2D eigenvalue weighted by atomic mass is 19.1.